The molecule has 0 spiro atoms. The number of allylic oxidation sites excluding steroid dienone is 3. The van der Waals surface area contributed by atoms with Crippen LogP contribution in [0.25, 0.3) is 0 Å². The molecule has 0 aromatic carbocycles. The van der Waals surface area contributed by atoms with Crippen LogP contribution in [0, 0.1) is 0 Å². The Morgan fingerprint density at radius 1 is 1.24 bits per heavy atom. The number of rotatable bonds is 7. The van der Waals surface area contributed by atoms with Gasteiger partial charge in [0.15, 0.2) is 0 Å². The molecule has 0 saturated carbocycles. The molecule has 0 fully saturated rings. The van der Waals surface area contributed by atoms with Gasteiger partial charge in [0.1, 0.15) is 18.1 Å². The quantitative estimate of drug-likeness (QED) is 0.572. The molecule has 1 rings (SSSR count). The summed E-state index contributed by atoms with van der Waals surface area (Å²) in [5.74, 6) is 0.263. The van der Waals surface area contributed by atoms with E-state index in [1.54, 1.807) is 12.2 Å². The van der Waals surface area contributed by atoms with Crippen LogP contribution < -0.4 is 5.32 Å². The number of ether oxygens (including phenoxy) is 3. The summed E-state index contributed by atoms with van der Waals surface area (Å²) < 4.78 is 15.9. The highest BCUT2D eigenvalue weighted by Gasteiger charge is 2.13. The molecule has 0 atom stereocenters. The second-order valence-corrected chi connectivity index (χ2v) is 4.29. The third-order valence-electron chi connectivity index (χ3n) is 2.44. The number of esters is 1. The lowest BCUT2D eigenvalue weighted by molar-refractivity contribution is -0.136. The Balaban J connectivity index is 2.78. The lowest BCUT2D eigenvalue weighted by atomic mass is 10.3. The third-order valence-corrected chi connectivity index (χ3v) is 2.44. The SMILES string of the molecule is CCOCCOC1=CCC=C(OC(C)=O)C=C1NC(C)=O. The van der Waals surface area contributed by atoms with E-state index >= 15 is 0 Å². The average Bonchev–Trinajstić information content (AvgIpc) is 2.56. The lowest BCUT2D eigenvalue weighted by Crippen LogP contribution is -2.22. The fourth-order valence-electron chi connectivity index (χ4n) is 1.68. The van der Waals surface area contributed by atoms with Crippen molar-refractivity contribution in [3.8, 4) is 0 Å². The standard InChI is InChI=1S/C15H21NO5/c1-4-19-8-9-20-15-7-5-6-13(21-12(3)18)10-14(15)16-11(2)17/h6-7,10H,4-5,8-9H2,1-3H3,(H,16,17). The van der Waals surface area contributed by atoms with Crippen molar-refractivity contribution >= 4 is 11.9 Å². The molecule has 21 heavy (non-hydrogen) atoms. The number of carbonyl (C=O) groups is 2. The smallest absolute Gasteiger partial charge is 0.308 e. The molecule has 0 heterocycles. The van der Waals surface area contributed by atoms with Gasteiger partial charge in [-0.3, -0.25) is 9.59 Å². The molecule has 0 aromatic rings. The second kappa shape index (κ2) is 8.97. The maximum absolute atomic E-state index is 11.3. The first kappa shape index (κ1) is 17.0. The van der Waals surface area contributed by atoms with Gasteiger partial charge in [0.2, 0.25) is 5.91 Å². The van der Waals surface area contributed by atoms with Crippen LogP contribution in [-0.4, -0.2) is 31.7 Å². The van der Waals surface area contributed by atoms with Gasteiger partial charge in [-0.2, -0.15) is 0 Å². The zero-order chi connectivity index (χ0) is 15.7. The molecule has 6 heteroatoms. The summed E-state index contributed by atoms with van der Waals surface area (Å²) in [6.07, 6.45) is 5.65. The topological polar surface area (TPSA) is 73.9 Å². The zero-order valence-electron chi connectivity index (χ0n) is 12.6. The molecule has 0 radical (unpaired) electrons. The maximum atomic E-state index is 11.3. The van der Waals surface area contributed by atoms with Crippen molar-refractivity contribution in [3.05, 3.63) is 35.4 Å². The van der Waals surface area contributed by atoms with Gasteiger partial charge in [-0.25, -0.2) is 0 Å². The summed E-state index contributed by atoms with van der Waals surface area (Å²) in [6, 6.07) is 0. The molecular weight excluding hydrogens is 274 g/mol. The van der Waals surface area contributed by atoms with Gasteiger partial charge in [0.05, 0.1) is 12.3 Å². The molecule has 1 N–H and O–H groups in total. The highest BCUT2D eigenvalue weighted by Crippen LogP contribution is 2.18. The molecule has 1 aliphatic rings. The van der Waals surface area contributed by atoms with Gasteiger partial charge in [-0.05, 0) is 25.5 Å². The maximum Gasteiger partial charge on any atom is 0.308 e. The Kier molecular flexibility index (Phi) is 7.25. The Bertz CT molecular complexity index is 476. The predicted octanol–water partition coefficient (Wildman–Crippen LogP) is 1.79. The molecule has 6 nitrogen and oxygen atoms in total. The van der Waals surface area contributed by atoms with Crippen molar-refractivity contribution in [2.24, 2.45) is 0 Å². The van der Waals surface area contributed by atoms with E-state index in [4.69, 9.17) is 14.2 Å². The number of amides is 1. The van der Waals surface area contributed by atoms with E-state index in [0.29, 0.717) is 43.5 Å². The van der Waals surface area contributed by atoms with Crippen LogP contribution in [0.5, 0.6) is 0 Å². The van der Waals surface area contributed by atoms with E-state index < -0.39 is 5.97 Å². The minimum absolute atomic E-state index is 0.232. The van der Waals surface area contributed by atoms with E-state index in [1.165, 1.54) is 13.8 Å². The van der Waals surface area contributed by atoms with Crippen LogP contribution in [-0.2, 0) is 23.8 Å². The van der Waals surface area contributed by atoms with E-state index in [2.05, 4.69) is 5.32 Å². The van der Waals surface area contributed by atoms with E-state index in [1.807, 2.05) is 13.0 Å². The number of carbonyl (C=O) groups excluding carboxylic acids is 2. The minimum atomic E-state index is -0.416. The molecule has 0 aliphatic heterocycles. The van der Waals surface area contributed by atoms with E-state index in [9.17, 15) is 9.59 Å². The first-order chi connectivity index (χ1) is 10.0. The Morgan fingerprint density at radius 3 is 2.62 bits per heavy atom. The highest BCUT2D eigenvalue weighted by atomic mass is 16.5. The fraction of sp³-hybridized carbons (Fsp3) is 0.467. The van der Waals surface area contributed by atoms with Gasteiger partial charge in [-0.15, -0.1) is 0 Å². The van der Waals surface area contributed by atoms with Crippen LogP contribution in [0.2, 0.25) is 0 Å². The summed E-state index contributed by atoms with van der Waals surface area (Å²) in [5.41, 5.74) is 0.462. The summed E-state index contributed by atoms with van der Waals surface area (Å²) >= 11 is 0. The molecule has 0 unspecified atom stereocenters. The normalized spacial score (nSPS) is 14.3. The van der Waals surface area contributed by atoms with E-state index in [-0.39, 0.29) is 5.91 Å². The summed E-state index contributed by atoms with van der Waals surface area (Å²) in [6.45, 7) is 6.09. The van der Waals surface area contributed by atoms with Crippen LogP contribution in [0.15, 0.2) is 35.4 Å². The molecule has 0 saturated heterocycles. The largest absolute Gasteiger partial charge is 0.489 e. The van der Waals surface area contributed by atoms with Crippen molar-refractivity contribution in [2.45, 2.75) is 27.2 Å². The van der Waals surface area contributed by atoms with Crippen molar-refractivity contribution in [1.29, 1.82) is 0 Å². The van der Waals surface area contributed by atoms with Gasteiger partial charge in [-0.1, -0.05) is 0 Å². The molecule has 0 aromatic heterocycles. The van der Waals surface area contributed by atoms with Crippen molar-refractivity contribution in [1.82, 2.24) is 5.32 Å². The first-order valence-corrected chi connectivity index (χ1v) is 6.81. The van der Waals surface area contributed by atoms with Gasteiger partial charge >= 0.3 is 5.97 Å². The van der Waals surface area contributed by atoms with Crippen molar-refractivity contribution in [3.63, 3.8) is 0 Å². The molecule has 116 valence electrons. The second-order valence-electron chi connectivity index (χ2n) is 4.29. The van der Waals surface area contributed by atoms with Crippen molar-refractivity contribution in [2.75, 3.05) is 19.8 Å². The number of nitrogens with one attached hydrogen (secondary N) is 1. The Labute approximate surface area is 124 Å². The molecule has 1 aliphatic carbocycles. The minimum Gasteiger partial charge on any atom is -0.489 e. The predicted molar refractivity (Wildman–Crippen MR) is 76.9 cm³/mol. The van der Waals surface area contributed by atoms with E-state index in [0.717, 1.165) is 0 Å². The summed E-state index contributed by atoms with van der Waals surface area (Å²) in [7, 11) is 0. The summed E-state index contributed by atoms with van der Waals surface area (Å²) in [5, 5.41) is 2.67. The highest BCUT2D eigenvalue weighted by molar-refractivity contribution is 5.76. The molecular formula is C15H21NO5. The number of hydrogen-bond donors (Lipinski definition) is 1. The van der Waals surface area contributed by atoms with Gasteiger partial charge < -0.3 is 19.5 Å². The van der Waals surface area contributed by atoms with Gasteiger partial charge in [0, 0.05) is 26.5 Å². The number of hydrogen-bond acceptors (Lipinski definition) is 5. The summed E-state index contributed by atoms with van der Waals surface area (Å²) in [4.78, 5) is 22.3. The molecule has 0 bridgehead atoms. The van der Waals surface area contributed by atoms with Crippen LogP contribution in [0.1, 0.15) is 27.2 Å². The molecule has 1 amide bonds. The lowest BCUT2D eigenvalue weighted by Gasteiger charge is -2.14. The van der Waals surface area contributed by atoms with Crippen LogP contribution >= 0.6 is 0 Å². The Hall–Kier alpha value is -2.08. The monoisotopic (exact) mass is 295 g/mol. The zero-order valence-corrected chi connectivity index (χ0v) is 12.6. The fourth-order valence-corrected chi connectivity index (χ4v) is 1.68. The first-order valence-electron chi connectivity index (χ1n) is 6.81. The van der Waals surface area contributed by atoms with Crippen LogP contribution in [0.4, 0.5) is 0 Å². The van der Waals surface area contributed by atoms with Crippen molar-refractivity contribution < 1.29 is 23.8 Å². The average molecular weight is 295 g/mol. The van der Waals surface area contributed by atoms with Gasteiger partial charge in [0.25, 0.3) is 0 Å². The Morgan fingerprint density at radius 2 is 2.00 bits per heavy atom. The van der Waals surface area contributed by atoms with Crippen LogP contribution in [0.3, 0.4) is 0 Å². The third kappa shape index (κ3) is 6.76.